The normalized spacial score (nSPS) is 12.0. The zero-order valence-corrected chi connectivity index (χ0v) is 16.1. The topological polar surface area (TPSA) is 88.3 Å². The minimum atomic E-state index is -1.05. The van der Waals surface area contributed by atoms with Gasteiger partial charge in [0.1, 0.15) is 15.9 Å². The Balaban J connectivity index is 1.94. The Hall–Kier alpha value is -3.00. The van der Waals surface area contributed by atoms with E-state index in [9.17, 15) is 14.7 Å². The molecule has 8 heteroatoms. The van der Waals surface area contributed by atoms with Crippen molar-refractivity contribution < 1.29 is 14.7 Å². The smallest absolute Gasteiger partial charge is 0.326 e. The van der Waals surface area contributed by atoms with Crippen LogP contribution >= 0.6 is 11.3 Å². The molecule has 1 aromatic carbocycles. The molecular weight excluding hydrogens is 364 g/mol. The van der Waals surface area contributed by atoms with Gasteiger partial charge in [-0.2, -0.15) is 5.10 Å². The van der Waals surface area contributed by atoms with Crippen molar-refractivity contribution in [1.82, 2.24) is 19.7 Å². The third-order valence-electron chi connectivity index (χ3n) is 4.22. The van der Waals surface area contributed by atoms with Gasteiger partial charge in [-0.15, -0.1) is 11.3 Å². The summed E-state index contributed by atoms with van der Waals surface area (Å²) in [5, 5.41) is 14.3. The second kappa shape index (κ2) is 7.71. The fourth-order valence-electron chi connectivity index (χ4n) is 2.68. The van der Waals surface area contributed by atoms with E-state index >= 15 is 0 Å². The number of hydrogen-bond acceptors (Lipinski definition) is 5. The molecule has 1 N–H and O–H groups in total. The average molecular weight is 384 g/mol. The molecule has 0 spiro atoms. The Morgan fingerprint density at radius 1 is 1.30 bits per heavy atom. The summed E-state index contributed by atoms with van der Waals surface area (Å²) in [6.45, 7) is 3.49. The highest BCUT2D eigenvalue weighted by Gasteiger charge is 2.29. The molecule has 3 aromatic rings. The van der Waals surface area contributed by atoms with Crippen molar-refractivity contribution in [3.63, 3.8) is 0 Å². The lowest BCUT2D eigenvalue weighted by Crippen LogP contribution is -2.42. The number of benzene rings is 1. The van der Waals surface area contributed by atoms with Crippen molar-refractivity contribution in [3.8, 4) is 10.6 Å². The predicted molar refractivity (Wildman–Crippen MR) is 102 cm³/mol. The third kappa shape index (κ3) is 4.06. The van der Waals surface area contributed by atoms with Crippen LogP contribution in [0.1, 0.15) is 27.9 Å². The molecule has 0 fully saturated rings. The Morgan fingerprint density at radius 3 is 2.59 bits per heavy atom. The number of rotatable bonds is 6. The van der Waals surface area contributed by atoms with Gasteiger partial charge < -0.3 is 10.0 Å². The number of hydrogen-bond donors (Lipinski definition) is 1. The Morgan fingerprint density at radius 2 is 2.00 bits per heavy atom. The number of thiazole rings is 1. The van der Waals surface area contributed by atoms with Gasteiger partial charge >= 0.3 is 5.97 Å². The number of amides is 1. The molecule has 1 atom stereocenters. The number of carboxylic acids is 1. The summed E-state index contributed by atoms with van der Waals surface area (Å²) in [7, 11) is 1.81. The van der Waals surface area contributed by atoms with E-state index in [0.29, 0.717) is 15.6 Å². The molecule has 0 aliphatic rings. The number of carbonyl (C=O) groups is 2. The van der Waals surface area contributed by atoms with Gasteiger partial charge in [-0.3, -0.25) is 9.48 Å². The largest absolute Gasteiger partial charge is 0.480 e. The maximum Gasteiger partial charge on any atom is 0.326 e. The van der Waals surface area contributed by atoms with E-state index in [2.05, 4.69) is 10.1 Å². The van der Waals surface area contributed by atoms with Crippen LogP contribution in [0.25, 0.3) is 10.6 Å². The number of carboxylic acid groups (broad SMARTS) is 1. The lowest BCUT2D eigenvalue weighted by atomic mass is 10.1. The van der Waals surface area contributed by atoms with Gasteiger partial charge in [-0.05, 0) is 19.4 Å². The second-order valence-electron chi connectivity index (χ2n) is 6.27. The first-order valence-electron chi connectivity index (χ1n) is 8.41. The highest BCUT2D eigenvalue weighted by Crippen LogP contribution is 2.29. The summed E-state index contributed by atoms with van der Waals surface area (Å²) in [5.74, 6) is -1.38. The highest BCUT2D eigenvalue weighted by atomic mass is 32.1. The van der Waals surface area contributed by atoms with Crippen LogP contribution in [0.15, 0.2) is 42.7 Å². The van der Waals surface area contributed by atoms with Crippen molar-refractivity contribution in [1.29, 1.82) is 0 Å². The van der Waals surface area contributed by atoms with Crippen LogP contribution < -0.4 is 0 Å². The molecule has 0 aliphatic heterocycles. The van der Waals surface area contributed by atoms with Crippen LogP contribution in [-0.2, 0) is 18.4 Å². The van der Waals surface area contributed by atoms with Crippen LogP contribution in [-0.4, -0.2) is 42.7 Å². The van der Waals surface area contributed by atoms with Gasteiger partial charge in [0.15, 0.2) is 0 Å². The van der Waals surface area contributed by atoms with Gasteiger partial charge in [0.2, 0.25) is 0 Å². The number of nitrogens with zero attached hydrogens (tertiary/aromatic N) is 4. The molecule has 0 saturated carbocycles. The van der Waals surface area contributed by atoms with Crippen molar-refractivity contribution in [3.05, 3.63) is 58.9 Å². The molecule has 2 aromatic heterocycles. The van der Waals surface area contributed by atoms with Crippen molar-refractivity contribution in [2.75, 3.05) is 0 Å². The SMILES string of the molecule is Cc1nc(-c2cnn(C)c2)sc1C(=O)N(Cc1ccccc1)C(C)C(=O)O. The third-order valence-corrected chi connectivity index (χ3v) is 5.42. The van der Waals surface area contributed by atoms with E-state index in [4.69, 9.17) is 0 Å². The maximum absolute atomic E-state index is 13.2. The monoisotopic (exact) mass is 384 g/mol. The summed E-state index contributed by atoms with van der Waals surface area (Å²) < 4.78 is 1.67. The zero-order chi connectivity index (χ0) is 19.6. The first-order valence-corrected chi connectivity index (χ1v) is 9.22. The first-order chi connectivity index (χ1) is 12.9. The maximum atomic E-state index is 13.2. The summed E-state index contributed by atoms with van der Waals surface area (Å²) in [6, 6.07) is 8.39. The molecule has 1 amide bonds. The summed E-state index contributed by atoms with van der Waals surface area (Å²) in [5.41, 5.74) is 2.28. The number of carbonyl (C=O) groups excluding carboxylic acids is 1. The van der Waals surface area contributed by atoms with E-state index in [1.807, 2.05) is 43.6 Å². The molecule has 2 heterocycles. The Bertz CT molecular complexity index is 965. The van der Waals surface area contributed by atoms with Gasteiger partial charge in [0, 0.05) is 25.4 Å². The van der Waals surface area contributed by atoms with Crippen LogP contribution in [0.4, 0.5) is 0 Å². The van der Waals surface area contributed by atoms with Crippen molar-refractivity contribution in [2.24, 2.45) is 7.05 Å². The fraction of sp³-hybridized carbons (Fsp3) is 0.263. The van der Waals surface area contributed by atoms with Gasteiger partial charge in [0.05, 0.1) is 11.9 Å². The average Bonchev–Trinajstić information content (AvgIpc) is 3.25. The van der Waals surface area contributed by atoms with Crippen molar-refractivity contribution in [2.45, 2.75) is 26.4 Å². The molecule has 3 rings (SSSR count). The molecule has 1 unspecified atom stereocenters. The van der Waals surface area contributed by atoms with Gasteiger partial charge in [0.25, 0.3) is 5.91 Å². The standard InChI is InChI=1S/C19H20N4O3S/c1-12-16(27-17(21-12)15-9-20-22(3)11-15)18(24)23(13(2)19(25)26)10-14-7-5-4-6-8-14/h4-9,11,13H,10H2,1-3H3,(H,25,26). The van der Waals surface area contributed by atoms with Crippen molar-refractivity contribution >= 4 is 23.2 Å². The van der Waals surface area contributed by atoms with Crippen LogP contribution in [0, 0.1) is 6.92 Å². The second-order valence-corrected chi connectivity index (χ2v) is 7.27. The Labute approximate surface area is 160 Å². The lowest BCUT2D eigenvalue weighted by molar-refractivity contribution is -0.141. The number of aliphatic carboxylic acids is 1. The van der Waals surface area contributed by atoms with Crippen LogP contribution in [0.2, 0.25) is 0 Å². The van der Waals surface area contributed by atoms with E-state index in [1.165, 1.54) is 23.2 Å². The highest BCUT2D eigenvalue weighted by molar-refractivity contribution is 7.17. The summed E-state index contributed by atoms with van der Waals surface area (Å²) in [4.78, 5) is 31.0. The molecule has 140 valence electrons. The van der Waals surface area contributed by atoms with E-state index in [1.54, 1.807) is 17.8 Å². The minimum Gasteiger partial charge on any atom is -0.480 e. The van der Waals surface area contributed by atoms with Gasteiger partial charge in [-0.1, -0.05) is 30.3 Å². The fourth-order valence-corrected chi connectivity index (χ4v) is 3.68. The minimum absolute atomic E-state index is 0.215. The lowest BCUT2D eigenvalue weighted by Gasteiger charge is -2.26. The number of aromatic nitrogens is 3. The van der Waals surface area contributed by atoms with E-state index < -0.39 is 12.0 Å². The Kier molecular flexibility index (Phi) is 5.36. The molecule has 0 radical (unpaired) electrons. The van der Waals surface area contributed by atoms with E-state index in [0.717, 1.165) is 11.1 Å². The summed E-state index contributed by atoms with van der Waals surface area (Å²) >= 11 is 1.25. The van der Waals surface area contributed by atoms with E-state index in [-0.39, 0.29) is 12.5 Å². The first kappa shape index (κ1) is 18.8. The molecule has 7 nitrogen and oxygen atoms in total. The van der Waals surface area contributed by atoms with Crippen LogP contribution in [0.3, 0.4) is 0 Å². The molecule has 0 saturated heterocycles. The van der Waals surface area contributed by atoms with Gasteiger partial charge in [-0.25, -0.2) is 9.78 Å². The molecular formula is C19H20N4O3S. The predicted octanol–water partition coefficient (Wildman–Crippen LogP) is 2.97. The number of aryl methyl sites for hydroxylation is 2. The molecule has 0 bridgehead atoms. The molecule has 0 aliphatic carbocycles. The zero-order valence-electron chi connectivity index (χ0n) is 15.3. The summed E-state index contributed by atoms with van der Waals surface area (Å²) in [6.07, 6.45) is 3.52. The van der Waals surface area contributed by atoms with Crippen LogP contribution in [0.5, 0.6) is 0 Å². The molecule has 27 heavy (non-hydrogen) atoms. The quantitative estimate of drug-likeness (QED) is 0.706.